The molecule has 7 nitrogen and oxygen atoms in total. The van der Waals surface area contributed by atoms with E-state index in [0.717, 1.165) is 5.56 Å². The maximum Gasteiger partial charge on any atom is 0.325 e. The van der Waals surface area contributed by atoms with Crippen LogP contribution in [0.2, 0.25) is 5.02 Å². The number of ether oxygens (including phenoxy) is 1. The first-order valence-electron chi connectivity index (χ1n) is 8.84. The van der Waals surface area contributed by atoms with Gasteiger partial charge >= 0.3 is 5.97 Å². The molecule has 1 aliphatic heterocycles. The molecule has 1 aromatic rings. The Balaban J connectivity index is 2.08. The Morgan fingerprint density at radius 1 is 1.22 bits per heavy atom. The molecule has 0 aliphatic carbocycles. The fourth-order valence-electron chi connectivity index (χ4n) is 3.08. The van der Waals surface area contributed by atoms with Crippen LogP contribution in [0.4, 0.5) is 0 Å². The van der Waals surface area contributed by atoms with E-state index in [1.54, 1.807) is 31.2 Å². The highest BCUT2D eigenvalue weighted by Gasteiger charge is 2.32. The lowest BCUT2D eigenvalue weighted by Gasteiger charge is -2.32. The number of carbonyl (C=O) groups excluding carboxylic acids is 2. The molecule has 1 aliphatic rings. The molecule has 0 spiro atoms. The van der Waals surface area contributed by atoms with Crippen LogP contribution in [-0.4, -0.2) is 62.0 Å². The maximum atomic E-state index is 13.0. The molecule has 1 heterocycles. The highest BCUT2D eigenvalue weighted by molar-refractivity contribution is 7.88. The quantitative estimate of drug-likeness (QED) is 0.634. The molecule has 27 heavy (non-hydrogen) atoms. The van der Waals surface area contributed by atoms with Gasteiger partial charge in [-0.25, -0.2) is 12.7 Å². The summed E-state index contributed by atoms with van der Waals surface area (Å²) in [7, 11) is -3.25. The van der Waals surface area contributed by atoms with Gasteiger partial charge < -0.3 is 9.64 Å². The lowest BCUT2D eigenvalue weighted by Crippen LogP contribution is -2.45. The molecular weight excluding hydrogens is 392 g/mol. The predicted octanol–water partition coefficient (Wildman–Crippen LogP) is 1.90. The van der Waals surface area contributed by atoms with Crippen molar-refractivity contribution in [1.82, 2.24) is 9.21 Å². The van der Waals surface area contributed by atoms with Gasteiger partial charge in [-0.1, -0.05) is 23.7 Å². The van der Waals surface area contributed by atoms with Gasteiger partial charge in [0.25, 0.3) is 0 Å². The van der Waals surface area contributed by atoms with E-state index >= 15 is 0 Å². The summed E-state index contributed by atoms with van der Waals surface area (Å²) < 4.78 is 29.7. The first-order valence-corrected chi connectivity index (χ1v) is 11.1. The number of hydrogen-bond donors (Lipinski definition) is 0. The average molecular weight is 417 g/mol. The minimum Gasteiger partial charge on any atom is -0.465 e. The van der Waals surface area contributed by atoms with Crippen molar-refractivity contribution in [3.63, 3.8) is 0 Å². The lowest BCUT2D eigenvalue weighted by molar-refractivity contribution is -0.151. The zero-order chi connectivity index (χ0) is 20.0. The van der Waals surface area contributed by atoms with Gasteiger partial charge in [0.2, 0.25) is 15.9 Å². The number of sulfonamides is 1. The Kier molecular flexibility index (Phi) is 7.64. The van der Waals surface area contributed by atoms with E-state index in [1.807, 2.05) is 0 Å². The second-order valence-electron chi connectivity index (χ2n) is 6.56. The van der Waals surface area contributed by atoms with Crippen LogP contribution in [0.3, 0.4) is 0 Å². The minimum atomic E-state index is -3.25. The Hall–Kier alpha value is -1.64. The van der Waals surface area contributed by atoms with Crippen LogP contribution in [0.15, 0.2) is 24.3 Å². The summed E-state index contributed by atoms with van der Waals surface area (Å²) >= 11 is 5.90. The SMILES string of the molecule is CCOC(=O)CN(Cc1ccc(Cl)cc1)C(=O)C1CCN(S(C)(=O)=O)CC1. The minimum absolute atomic E-state index is 0.137. The number of benzene rings is 1. The molecule has 0 N–H and O–H groups in total. The van der Waals surface area contributed by atoms with Crippen LogP contribution < -0.4 is 0 Å². The fourth-order valence-corrected chi connectivity index (χ4v) is 4.08. The first kappa shape index (κ1) is 21.7. The zero-order valence-corrected chi connectivity index (χ0v) is 17.1. The van der Waals surface area contributed by atoms with Crippen LogP contribution in [0.5, 0.6) is 0 Å². The van der Waals surface area contributed by atoms with E-state index in [9.17, 15) is 18.0 Å². The summed E-state index contributed by atoms with van der Waals surface area (Å²) in [6.45, 7) is 2.70. The molecule has 0 unspecified atom stereocenters. The number of esters is 1. The predicted molar refractivity (Wildman–Crippen MR) is 103 cm³/mol. The van der Waals surface area contributed by atoms with Gasteiger partial charge in [0, 0.05) is 30.6 Å². The Morgan fingerprint density at radius 2 is 1.81 bits per heavy atom. The highest BCUT2D eigenvalue weighted by atomic mass is 35.5. The summed E-state index contributed by atoms with van der Waals surface area (Å²) in [6.07, 6.45) is 2.04. The van der Waals surface area contributed by atoms with Gasteiger partial charge in [-0.15, -0.1) is 0 Å². The van der Waals surface area contributed by atoms with Crippen molar-refractivity contribution in [2.75, 3.05) is 32.5 Å². The normalized spacial score (nSPS) is 16.1. The topological polar surface area (TPSA) is 84.0 Å². The van der Waals surface area contributed by atoms with Gasteiger partial charge in [0.05, 0.1) is 12.9 Å². The van der Waals surface area contributed by atoms with Crippen molar-refractivity contribution in [2.45, 2.75) is 26.3 Å². The third kappa shape index (κ3) is 6.48. The van der Waals surface area contributed by atoms with E-state index in [4.69, 9.17) is 16.3 Å². The summed E-state index contributed by atoms with van der Waals surface area (Å²) in [4.78, 5) is 26.4. The van der Waals surface area contributed by atoms with Crippen molar-refractivity contribution in [3.05, 3.63) is 34.9 Å². The van der Waals surface area contributed by atoms with Crippen LogP contribution in [0.1, 0.15) is 25.3 Å². The molecule has 0 bridgehead atoms. The second kappa shape index (κ2) is 9.52. The van der Waals surface area contributed by atoms with Crippen LogP contribution in [0, 0.1) is 5.92 Å². The van der Waals surface area contributed by atoms with Crippen molar-refractivity contribution < 1.29 is 22.7 Å². The zero-order valence-electron chi connectivity index (χ0n) is 15.6. The van der Waals surface area contributed by atoms with E-state index in [2.05, 4.69) is 0 Å². The van der Waals surface area contributed by atoms with Gasteiger partial charge in [0.15, 0.2) is 0 Å². The van der Waals surface area contributed by atoms with Crippen LogP contribution in [-0.2, 0) is 30.9 Å². The molecule has 1 amide bonds. The molecule has 1 saturated heterocycles. The largest absolute Gasteiger partial charge is 0.465 e. The number of carbonyl (C=O) groups is 2. The van der Waals surface area contributed by atoms with Crippen molar-refractivity contribution in [2.24, 2.45) is 5.92 Å². The Morgan fingerprint density at radius 3 is 2.33 bits per heavy atom. The third-order valence-electron chi connectivity index (χ3n) is 4.50. The average Bonchev–Trinajstić information content (AvgIpc) is 2.62. The second-order valence-corrected chi connectivity index (χ2v) is 8.98. The molecule has 150 valence electrons. The number of nitrogens with zero attached hydrogens (tertiary/aromatic N) is 2. The van der Waals surface area contributed by atoms with Gasteiger partial charge in [-0.05, 0) is 37.5 Å². The molecule has 0 aromatic heterocycles. The van der Waals surface area contributed by atoms with Crippen molar-refractivity contribution >= 4 is 33.5 Å². The number of hydrogen-bond acceptors (Lipinski definition) is 5. The summed E-state index contributed by atoms with van der Waals surface area (Å²) in [5.41, 5.74) is 0.852. The Bertz CT molecular complexity index is 758. The molecular formula is C18H25ClN2O5S. The highest BCUT2D eigenvalue weighted by Crippen LogP contribution is 2.22. The molecule has 0 saturated carbocycles. The van der Waals surface area contributed by atoms with E-state index < -0.39 is 16.0 Å². The molecule has 0 atom stereocenters. The standard InChI is InChI=1S/C18H25ClN2O5S/c1-3-26-17(22)13-20(12-14-4-6-16(19)7-5-14)18(23)15-8-10-21(11-9-15)27(2,24)25/h4-7,15H,3,8-13H2,1-2H3. The summed E-state index contributed by atoms with van der Waals surface area (Å²) in [6, 6.07) is 7.07. The van der Waals surface area contributed by atoms with E-state index in [-0.39, 0.29) is 31.5 Å². The molecule has 2 rings (SSSR count). The number of amides is 1. The molecule has 0 radical (unpaired) electrons. The molecule has 9 heteroatoms. The van der Waals surface area contributed by atoms with Crippen molar-refractivity contribution in [1.29, 1.82) is 0 Å². The maximum absolute atomic E-state index is 13.0. The smallest absolute Gasteiger partial charge is 0.325 e. The van der Waals surface area contributed by atoms with Gasteiger partial charge in [-0.2, -0.15) is 0 Å². The van der Waals surface area contributed by atoms with E-state index in [1.165, 1.54) is 15.5 Å². The number of halogens is 1. The number of rotatable bonds is 7. The van der Waals surface area contributed by atoms with Gasteiger partial charge in [0.1, 0.15) is 6.54 Å². The lowest BCUT2D eigenvalue weighted by atomic mass is 9.96. The summed E-state index contributed by atoms with van der Waals surface area (Å²) in [5, 5.41) is 0.593. The van der Waals surface area contributed by atoms with Crippen molar-refractivity contribution in [3.8, 4) is 0 Å². The molecule has 1 aromatic carbocycles. The third-order valence-corrected chi connectivity index (χ3v) is 6.05. The summed E-state index contributed by atoms with van der Waals surface area (Å²) in [5.74, 6) is -0.940. The van der Waals surface area contributed by atoms with Gasteiger partial charge in [-0.3, -0.25) is 9.59 Å². The monoisotopic (exact) mass is 416 g/mol. The van der Waals surface area contributed by atoms with E-state index in [0.29, 0.717) is 31.0 Å². The van der Waals surface area contributed by atoms with Crippen LogP contribution >= 0.6 is 11.6 Å². The Labute approximate surface area is 165 Å². The number of piperidine rings is 1. The van der Waals surface area contributed by atoms with Crippen LogP contribution in [0.25, 0.3) is 0 Å². The fraction of sp³-hybridized carbons (Fsp3) is 0.556. The first-order chi connectivity index (χ1) is 12.7. The molecule has 1 fully saturated rings.